The van der Waals surface area contributed by atoms with Gasteiger partial charge in [-0.25, -0.2) is 4.79 Å². The van der Waals surface area contributed by atoms with Crippen LogP contribution in [0.2, 0.25) is 0 Å². The first-order valence-electron chi connectivity index (χ1n) is 5.71. The molecule has 0 aromatic heterocycles. The number of hydrogen-bond donors (Lipinski definition) is 1. The third-order valence-corrected chi connectivity index (χ3v) is 2.32. The molecule has 1 aliphatic heterocycles. The van der Waals surface area contributed by atoms with E-state index >= 15 is 0 Å². The van der Waals surface area contributed by atoms with Crippen molar-refractivity contribution < 1.29 is 19.4 Å². The van der Waals surface area contributed by atoms with Crippen LogP contribution >= 0.6 is 0 Å². The highest BCUT2D eigenvalue weighted by Gasteiger charge is 2.17. The molecular weight excluding hydrogens is 232 g/mol. The molecule has 4 nitrogen and oxygen atoms in total. The molecule has 0 unspecified atom stereocenters. The largest absolute Gasteiger partial charge is 0.481 e. The van der Waals surface area contributed by atoms with Crippen molar-refractivity contribution >= 4 is 11.9 Å². The van der Waals surface area contributed by atoms with Crippen molar-refractivity contribution in [3.8, 4) is 0 Å². The molecule has 1 rings (SSSR count). The van der Waals surface area contributed by atoms with E-state index in [4.69, 9.17) is 9.84 Å². The fourth-order valence-corrected chi connectivity index (χ4v) is 1.43. The molecule has 0 aliphatic carbocycles. The molecule has 0 radical (unpaired) electrons. The number of aliphatic carboxylic acids is 1. The van der Waals surface area contributed by atoms with E-state index in [1.807, 2.05) is 37.3 Å². The van der Waals surface area contributed by atoms with Crippen LogP contribution in [0.3, 0.4) is 0 Å². The summed E-state index contributed by atoms with van der Waals surface area (Å²) in [7, 11) is 0. The van der Waals surface area contributed by atoms with Crippen molar-refractivity contribution in [2.24, 2.45) is 0 Å². The summed E-state index contributed by atoms with van der Waals surface area (Å²) >= 11 is 0. The molecule has 0 bridgehead atoms. The molecular formula is C14H16O4. The van der Waals surface area contributed by atoms with Crippen molar-refractivity contribution in [1.82, 2.24) is 0 Å². The fraction of sp³-hybridized carbons (Fsp3) is 0.286. The number of esters is 1. The molecule has 0 aromatic rings. The van der Waals surface area contributed by atoms with Crippen molar-refractivity contribution in [2.75, 3.05) is 6.61 Å². The molecule has 1 heterocycles. The summed E-state index contributed by atoms with van der Waals surface area (Å²) < 4.78 is 4.97. The summed E-state index contributed by atoms with van der Waals surface area (Å²) in [6.45, 7) is 2.15. The Morgan fingerprint density at radius 1 is 1.44 bits per heavy atom. The number of carboxylic acids is 1. The van der Waals surface area contributed by atoms with Crippen molar-refractivity contribution in [3.63, 3.8) is 0 Å². The predicted molar refractivity (Wildman–Crippen MR) is 67.9 cm³/mol. The SMILES string of the molecule is C/C=C/C=C/C=C1/C=C(CCC(=O)O)C(=O)OC1. The van der Waals surface area contributed by atoms with Crippen LogP contribution in [-0.4, -0.2) is 23.7 Å². The first-order chi connectivity index (χ1) is 8.63. The maximum Gasteiger partial charge on any atom is 0.334 e. The van der Waals surface area contributed by atoms with Crippen LogP contribution in [0.4, 0.5) is 0 Å². The predicted octanol–water partition coefficient (Wildman–Crippen LogP) is 2.39. The Labute approximate surface area is 106 Å². The van der Waals surface area contributed by atoms with Gasteiger partial charge in [0.15, 0.2) is 0 Å². The Balaban J connectivity index is 2.71. The smallest absolute Gasteiger partial charge is 0.334 e. The topological polar surface area (TPSA) is 63.6 Å². The van der Waals surface area contributed by atoms with E-state index in [2.05, 4.69) is 0 Å². The second-order valence-corrected chi connectivity index (χ2v) is 3.79. The van der Waals surface area contributed by atoms with Crippen LogP contribution in [0.5, 0.6) is 0 Å². The van der Waals surface area contributed by atoms with Gasteiger partial charge in [0.1, 0.15) is 6.61 Å². The van der Waals surface area contributed by atoms with Gasteiger partial charge in [-0.1, -0.05) is 30.4 Å². The van der Waals surface area contributed by atoms with Crippen molar-refractivity contribution in [1.29, 1.82) is 0 Å². The van der Waals surface area contributed by atoms with Gasteiger partial charge < -0.3 is 9.84 Å². The number of cyclic esters (lactones) is 1. The minimum atomic E-state index is -0.923. The molecule has 0 fully saturated rings. The highest BCUT2D eigenvalue weighted by atomic mass is 16.5. The number of ether oxygens (including phenoxy) is 1. The van der Waals surface area contributed by atoms with Gasteiger partial charge in [0.2, 0.25) is 0 Å². The van der Waals surface area contributed by atoms with Gasteiger partial charge in [-0.3, -0.25) is 4.79 Å². The van der Waals surface area contributed by atoms with E-state index in [0.29, 0.717) is 5.57 Å². The average molecular weight is 248 g/mol. The molecule has 0 amide bonds. The lowest BCUT2D eigenvalue weighted by Gasteiger charge is -2.14. The lowest BCUT2D eigenvalue weighted by atomic mass is 10.0. The monoisotopic (exact) mass is 248 g/mol. The first-order valence-corrected chi connectivity index (χ1v) is 5.71. The highest BCUT2D eigenvalue weighted by Crippen LogP contribution is 2.17. The van der Waals surface area contributed by atoms with Crippen LogP contribution in [0.25, 0.3) is 0 Å². The quantitative estimate of drug-likeness (QED) is 0.599. The van der Waals surface area contributed by atoms with Gasteiger partial charge in [0, 0.05) is 12.0 Å². The third kappa shape index (κ3) is 4.82. The zero-order chi connectivity index (χ0) is 13.4. The minimum Gasteiger partial charge on any atom is -0.481 e. The molecule has 0 atom stereocenters. The molecule has 18 heavy (non-hydrogen) atoms. The Morgan fingerprint density at radius 2 is 2.22 bits per heavy atom. The van der Waals surface area contributed by atoms with Crippen LogP contribution in [0, 0.1) is 0 Å². The normalized spacial score (nSPS) is 18.4. The third-order valence-electron chi connectivity index (χ3n) is 2.32. The maximum absolute atomic E-state index is 11.4. The number of carbonyl (C=O) groups excluding carboxylic acids is 1. The van der Waals surface area contributed by atoms with E-state index in [1.54, 1.807) is 6.08 Å². The van der Waals surface area contributed by atoms with Gasteiger partial charge in [0.25, 0.3) is 0 Å². The minimum absolute atomic E-state index is 0.0668. The van der Waals surface area contributed by atoms with Crippen LogP contribution in [-0.2, 0) is 14.3 Å². The number of allylic oxidation sites excluding steroid dienone is 5. The second kappa shape index (κ2) is 7.27. The Hall–Kier alpha value is -2.10. The van der Waals surface area contributed by atoms with E-state index in [9.17, 15) is 9.59 Å². The van der Waals surface area contributed by atoms with Crippen LogP contribution < -0.4 is 0 Å². The lowest BCUT2D eigenvalue weighted by Crippen LogP contribution is -2.16. The number of hydrogen-bond acceptors (Lipinski definition) is 3. The summed E-state index contributed by atoms with van der Waals surface area (Å²) in [6, 6.07) is 0. The fourth-order valence-electron chi connectivity index (χ4n) is 1.43. The average Bonchev–Trinajstić information content (AvgIpc) is 2.34. The molecule has 0 saturated carbocycles. The number of carbonyl (C=O) groups is 2. The first kappa shape index (κ1) is 14.0. The standard InChI is InChI=1S/C14H16O4/c1-2-3-4-5-6-11-9-12(7-8-13(15)16)14(17)18-10-11/h2-6,9H,7-8,10H2,1H3,(H,15,16)/b3-2+,5-4+,11-6-. The van der Waals surface area contributed by atoms with E-state index in [-0.39, 0.29) is 19.4 Å². The van der Waals surface area contributed by atoms with Gasteiger partial charge in [-0.05, 0) is 25.0 Å². The zero-order valence-corrected chi connectivity index (χ0v) is 10.3. The van der Waals surface area contributed by atoms with Crippen LogP contribution in [0.1, 0.15) is 19.8 Å². The molecule has 4 heteroatoms. The van der Waals surface area contributed by atoms with E-state index in [0.717, 1.165) is 5.57 Å². The Bertz CT molecular complexity index is 439. The molecule has 96 valence electrons. The summed E-state index contributed by atoms with van der Waals surface area (Å²) in [5.74, 6) is -1.35. The Kier molecular flexibility index (Phi) is 5.64. The van der Waals surface area contributed by atoms with Gasteiger partial charge in [-0.15, -0.1) is 0 Å². The summed E-state index contributed by atoms with van der Waals surface area (Å²) in [6.07, 6.45) is 11.2. The van der Waals surface area contributed by atoms with E-state index in [1.165, 1.54) is 0 Å². The summed E-state index contributed by atoms with van der Waals surface area (Å²) in [5, 5.41) is 8.58. The maximum atomic E-state index is 11.4. The molecule has 0 saturated heterocycles. The summed E-state index contributed by atoms with van der Waals surface area (Å²) in [4.78, 5) is 21.9. The second-order valence-electron chi connectivity index (χ2n) is 3.79. The zero-order valence-electron chi connectivity index (χ0n) is 10.3. The molecule has 1 aliphatic rings. The molecule has 1 N–H and O–H groups in total. The molecule has 0 spiro atoms. The van der Waals surface area contributed by atoms with Crippen LogP contribution in [0.15, 0.2) is 47.6 Å². The summed E-state index contributed by atoms with van der Waals surface area (Å²) in [5.41, 5.74) is 1.27. The van der Waals surface area contributed by atoms with E-state index < -0.39 is 11.9 Å². The van der Waals surface area contributed by atoms with Crippen molar-refractivity contribution in [3.05, 3.63) is 47.6 Å². The lowest BCUT2D eigenvalue weighted by molar-refractivity contribution is -0.139. The van der Waals surface area contributed by atoms with Gasteiger partial charge >= 0.3 is 11.9 Å². The van der Waals surface area contributed by atoms with Gasteiger partial charge in [0.05, 0.1) is 0 Å². The number of carboxylic acid groups (broad SMARTS) is 1. The highest BCUT2D eigenvalue weighted by molar-refractivity contribution is 5.91. The Morgan fingerprint density at radius 3 is 2.89 bits per heavy atom. The van der Waals surface area contributed by atoms with Gasteiger partial charge in [-0.2, -0.15) is 0 Å². The molecule has 0 aromatic carbocycles. The number of rotatable bonds is 5. The van der Waals surface area contributed by atoms with Crippen molar-refractivity contribution in [2.45, 2.75) is 19.8 Å².